The average molecular weight is 413 g/mol. The molecule has 156 valence electrons. The molecule has 2 aromatic rings. The van der Waals surface area contributed by atoms with Gasteiger partial charge in [-0.15, -0.1) is 0 Å². The number of nitrogens with zero attached hydrogens (tertiary/aromatic N) is 1. The second-order valence-corrected chi connectivity index (χ2v) is 7.45. The number of fused-ring (bicyclic) bond motifs is 1. The number of hydrogen-bond donors (Lipinski definition) is 0. The van der Waals surface area contributed by atoms with Crippen molar-refractivity contribution >= 4 is 17.0 Å². The van der Waals surface area contributed by atoms with Crippen LogP contribution < -0.4 is 14.2 Å². The second kappa shape index (κ2) is 8.92. The van der Waals surface area contributed by atoms with Gasteiger partial charge in [0.15, 0.2) is 5.71 Å². The number of ether oxygens (including phenoxy) is 3. The van der Waals surface area contributed by atoms with Crippen LogP contribution >= 0.6 is 0 Å². The van der Waals surface area contributed by atoms with Gasteiger partial charge in [-0.3, -0.25) is 0 Å². The number of hydrogen-bond acceptors (Lipinski definition) is 3. The molecule has 1 aliphatic carbocycles. The third-order valence-electron chi connectivity index (χ3n) is 5.21. The molecule has 0 saturated heterocycles. The van der Waals surface area contributed by atoms with Gasteiger partial charge in [0.25, 0.3) is 0 Å². The maximum atomic E-state index is 6.27. The number of rotatable bonds is 4. The zero-order valence-corrected chi connectivity index (χ0v) is 18.3. The van der Waals surface area contributed by atoms with Crippen molar-refractivity contribution < 1.29 is 18.8 Å². The minimum absolute atomic E-state index is 0.688. The first kappa shape index (κ1) is 20.5. The van der Waals surface area contributed by atoms with Crippen LogP contribution in [0, 0.1) is 0 Å². The molecule has 4 rings (SSSR count). The Labute approximate surface area is 183 Å². The molecular formula is C27H26NO3+. The highest BCUT2D eigenvalue weighted by Gasteiger charge is 2.23. The molecule has 0 bridgehead atoms. The van der Waals surface area contributed by atoms with Crippen LogP contribution in [0.4, 0.5) is 0 Å². The summed E-state index contributed by atoms with van der Waals surface area (Å²) in [5.41, 5.74) is 5.21. The quantitative estimate of drug-likeness (QED) is 0.640. The van der Waals surface area contributed by atoms with E-state index in [0.29, 0.717) is 17.2 Å². The Balaban J connectivity index is 1.81. The summed E-state index contributed by atoms with van der Waals surface area (Å²) in [5.74, 6) is 2.89. The third-order valence-corrected chi connectivity index (χ3v) is 5.21. The predicted molar refractivity (Wildman–Crippen MR) is 126 cm³/mol. The predicted octanol–water partition coefficient (Wildman–Crippen LogP) is 5.29. The van der Waals surface area contributed by atoms with Crippen molar-refractivity contribution in [3.8, 4) is 17.2 Å². The van der Waals surface area contributed by atoms with Gasteiger partial charge in [0, 0.05) is 29.8 Å². The molecule has 0 amide bonds. The number of allylic oxidation sites excluding steroid dienone is 9. The van der Waals surface area contributed by atoms with E-state index in [2.05, 4.69) is 47.1 Å². The van der Waals surface area contributed by atoms with E-state index in [0.717, 1.165) is 28.0 Å². The van der Waals surface area contributed by atoms with Crippen LogP contribution in [0.5, 0.6) is 17.2 Å². The third kappa shape index (κ3) is 4.38. The Hall–Kier alpha value is -3.79. The molecule has 1 heterocycles. The van der Waals surface area contributed by atoms with Crippen LogP contribution in [0.1, 0.15) is 11.1 Å². The maximum Gasteiger partial charge on any atom is 0.199 e. The minimum Gasteiger partial charge on any atom is -0.496 e. The summed E-state index contributed by atoms with van der Waals surface area (Å²) in [6.45, 7) is 0. The van der Waals surface area contributed by atoms with Crippen molar-refractivity contribution in [3.63, 3.8) is 0 Å². The Morgan fingerprint density at radius 1 is 0.871 bits per heavy atom. The van der Waals surface area contributed by atoms with Gasteiger partial charge in [-0.25, -0.2) is 4.58 Å². The van der Waals surface area contributed by atoms with Gasteiger partial charge in [0.05, 0.1) is 19.8 Å². The first-order valence-corrected chi connectivity index (χ1v) is 10.1. The van der Waals surface area contributed by atoms with Crippen LogP contribution in [0.3, 0.4) is 0 Å². The summed E-state index contributed by atoms with van der Waals surface area (Å²) in [7, 11) is 7.37. The van der Waals surface area contributed by atoms with E-state index in [9.17, 15) is 0 Å². The van der Waals surface area contributed by atoms with Crippen molar-refractivity contribution in [2.75, 3.05) is 28.3 Å². The van der Waals surface area contributed by atoms with Crippen molar-refractivity contribution in [2.45, 2.75) is 0 Å². The first-order valence-electron chi connectivity index (χ1n) is 10.1. The molecule has 0 fully saturated rings. The SMILES string of the molecule is COc1cc(OC)c2c(c1)OC(c1ccccc1)=C/C2=C/C=C1C=CC(=[N+](C)C)C=C1. The van der Waals surface area contributed by atoms with Gasteiger partial charge < -0.3 is 14.2 Å². The van der Waals surface area contributed by atoms with E-state index in [1.165, 1.54) is 5.71 Å². The number of methoxy groups -OCH3 is 2. The highest BCUT2D eigenvalue weighted by molar-refractivity contribution is 6.02. The first-order chi connectivity index (χ1) is 15.1. The van der Waals surface area contributed by atoms with Gasteiger partial charge in [-0.2, -0.15) is 0 Å². The molecule has 0 unspecified atom stereocenters. The molecule has 4 heteroatoms. The molecule has 1 aliphatic heterocycles. The molecule has 2 aromatic carbocycles. The smallest absolute Gasteiger partial charge is 0.199 e. The Kier molecular flexibility index (Phi) is 5.89. The zero-order chi connectivity index (χ0) is 21.8. The van der Waals surface area contributed by atoms with Gasteiger partial charge in [-0.05, 0) is 29.4 Å². The molecule has 0 N–H and O–H groups in total. The molecule has 0 atom stereocenters. The summed E-state index contributed by atoms with van der Waals surface area (Å²) in [6, 6.07) is 13.8. The van der Waals surface area contributed by atoms with Gasteiger partial charge in [-0.1, -0.05) is 42.5 Å². The zero-order valence-electron chi connectivity index (χ0n) is 18.3. The lowest BCUT2D eigenvalue weighted by atomic mass is 9.97. The highest BCUT2D eigenvalue weighted by atomic mass is 16.5. The molecule has 4 nitrogen and oxygen atoms in total. The van der Waals surface area contributed by atoms with Crippen molar-refractivity contribution in [1.29, 1.82) is 0 Å². The molecule has 0 radical (unpaired) electrons. The lowest BCUT2D eigenvalue weighted by Crippen LogP contribution is -2.09. The molecule has 2 aliphatic rings. The van der Waals surface area contributed by atoms with Crippen LogP contribution in [-0.2, 0) is 0 Å². The van der Waals surface area contributed by atoms with Crippen LogP contribution in [0.15, 0.2) is 90.6 Å². The summed E-state index contributed by atoms with van der Waals surface area (Å²) in [5, 5.41) is 0. The van der Waals surface area contributed by atoms with Crippen molar-refractivity contribution in [3.05, 3.63) is 102 Å². The van der Waals surface area contributed by atoms with E-state index in [4.69, 9.17) is 14.2 Å². The Morgan fingerprint density at radius 3 is 2.26 bits per heavy atom. The monoisotopic (exact) mass is 412 g/mol. The normalized spacial score (nSPS) is 15.9. The van der Waals surface area contributed by atoms with Crippen LogP contribution in [0.25, 0.3) is 11.3 Å². The summed E-state index contributed by atoms with van der Waals surface area (Å²) >= 11 is 0. The molecule has 31 heavy (non-hydrogen) atoms. The molecule has 0 spiro atoms. The fourth-order valence-corrected chi connectivity index (χ4v) is 3.52. The van der Waals surface area contributed by atoms with E-state index < -0.39 is 0 Å². The molecule has 0 aromatic heterocycles. The second-order valence-electron chi connectivity index (χ2n) is 7.45. The van der Waals surface area contributed by atoms with Crippen molar-refractivity contribution in [1.82, 2.24) is 0 Å². The van der Waals surface area contributed by atoms with E-state index in [1.54, 1.807) is 14.2 Å². The highest BCUT2D eigenvalue weighted by Crippen LogP contribution is 2.44. The summed E-state index contributed by atoms with van der Waals surface area (Å²) in [6.07, 6.45) is 14.7. The van der Waals surface area contributed by atoms with Gasteiger partial charge >= 0.3 is 0 Å². The van der Waals surface area contributed by atoms with E-state index in [1.807, 2.05) is 56.6 Å². The van der Waals surface area contributed by atoms with Gasteiger partial charge in [0.2, 0.25) is 0 Å². The fourth-order valence-electron chi connectivity index (χ4n) is 3.52. The topological polar surface area (TPSA) is 30.7 Å². The van der Waals surface area contributed by atoms with Crippen LogP contribution in [0.2, 0.25) is 0 Å². The fraction of sp³-hybridized carbons (Fsp3) is 0.148. The standard InChI is InChI=1S/C27H26NO3/c1-28(2)22-14-11-19(12-15-22)10-13-21-16-24(20-8-6-5-7-9-20)31-26-18-23(29-3)17-25(30-4)27(21)26/h5-18H,1-4H3/q+1/b21-13-. The summed E-state index contributed by atoms with van der Waals surface area (Å²) in [4.78, 5) is 0. The largest absolute Gasteiger partial charge is 0.496 e. The van der Waals surface area contributed by atoms with Gasteiger partial charge in [0.1, 0.15) is 37.1 Å². The average Bonchev–Trinajstić information content (AvgIpc) is 2.82. The Morgan fingerprint density at radius 2 is 1.61 bits per heavy atom. The van der Waals surface area contributed by atoms with Crippen molar-refractivity contribution in [2.24, 2.45) is 0 Å². The minimum atomic E-state index is 0.688. The van der Waals surface area contributed by atoms with E-state index >= 15 is 0 Å². The maximum absolute atomic E-state index is 6.27. The number of benzene rings is 2. The van der Waals surface area contributed by atoms with E-state index in [-0.39, 0.29) is 0 Å². The lowest BCUT2D eigenvalue weighted by molar-refractivity contribution is -0.462. The lowest BCUT2D eigenvalue weighted by Gasteiger charge is -2.23. The Bertz CT molecular complexity index is 1160. The molecular weight excluding hydrogens is 386 g/mol. The molecule has 0 saturated carbocycles. The van der Waals surface area contributed by atoms with Crippen LogP contribution in [-0.4, -0.2) is 38.6 Å². The summed E-state index contributed by atoms with van der Waals surface area (Å²) < 4.78 is 19.5.